The second kappa shape index (κ2) is 3.58. The van der Waals surface area contributed by atoms with Crippen LogP contribution >= 0.6 is 0 Å². The summed E-state index contributed by atoms with van der Waals surface area (Å²) in [6.45, 7) is 5.90. The van der Waals surface area contributed by atoms with Crippen molar-refractivity contribution in [2.45, 2.75) is 26.7 Å². The zero-order chi connectivity index (χ0) is 11.9. The summed E-state index contributed by atoms with van der Waals surface area (Å²) in [5, 5.41) is 0. The molecule has 0 spiro atoms. The van der Waals surface area contributed by atoms with E-state index in [0.717, 1.165) is 5.56 Å². The molecule has 2 atom stereocenters. The smallest absolute Gasteiger partial charge is 0.216 e. The molecule has 1 saturated carbocycles. The topological polar surface area (TPSA) is 39.2 Å². The second-order valence-corrected chi connectivity index (χ2v) is 4.99. The molecule has 86 valence electrons. The van der Waals surface area contributed by atoms with E-state index in [2.05, 4.69) is 18.8 Å². The van der Waals surface area contributed by atoms with Gasteiger partial charge in [-0.25, -0.2) is 4.98 Å². The summed E-state index contributed by atoms with van der Waals surface area (Å²) in [5.41, 5.74) is 1.08. The summed E-state index contributed by atoms with van der Waals surface area (Å²) in [5.74, 6) is 1.24. The molecule has 1 aromatic rings. The molecule has 0 aliphatic heterocycles. The van der Waals surface area contributed by atoms with Gasteiger partial charge in [0.15, 0.2) is 0 Å². The number of hydrogen-bond donors (Lipinski definition) is 0. The average molecular weight is 219 g/mol. The third-order valence-electron chi connectivity index (χ3n) is 3.59. The molecule has 1 aliphatic rings. The molecule has 1 fully saturated rings. The lowest BCUT2D eigenvalue weighted by Crippen LogP contribution is -1.99. The van der Waals surface area contributed by atoms with Crippen LogP contribution in [0.1, 0.15) is 32.3 Å². The summed E-state index contributed by atoms with van der Waals surface area (Å²) in [4.78, 5) is 15.7. The highest BCUT2D eigenvalue weighted by molar-refractivity contribution is 5.84. The first-order valence-electron chi connectivity index (χ1n) is 5.49. The number of carbonyl (C=O) groups excluding carboxylic acids is 1. The standard InChI is InChI=1S/C13H17NO2/c1-8(15)10-11(13(10,2)3)9-6-5-7-14-12(9)16-4/h5-7,10-11H,1-4H3. The molecular weight excluding hydrogens is 202 g/mol. The highest BCUT2D eigenvalue weighted by atomic mass is 16.5. The van der Waals surface area contributed by atoms with E-state index in [1.54, 1.807) is 20.2 Å². The first-order chi connectivity index (χ1) is 7.50. The van der Waals surface area contributed by atoms with Crippen LogP contribution in [0.2, 0.25) is 0 Å². The predicted octanol–water partition coefficient (Wildman–Crippen LogP) is 2.42. The van der Waals surface area contributed by atoms with Gasteiger partial charge in [0.05, 0.1) is 7.11 Å². The van der Waals surface area contributed by atoms with Gasteiger partial charge in [-0.05, 0) is 18.4 Å². The molecule has 16 heavy (non-hydrogen) atoms. The molecule has 1 aliphatic carbocycles. The van der Waals surface area contributed by atoms with E-state index in [1.165, 1.54) is 0 Å². The van der Waals surface area contributed by atoms with Crippen molar-refractivity contribution in [3.05, 3.63) is 23.9 Å². The lowest BCUT2D eigenvalue weighted by atomic mass is 10.0. The first-order valence-corrected chi connectivity index (χ1v) is 5.49. The van der Waals surface area contributed by atoms with Crippen LogP contribution in [-0.4, -0.2) is 17.9 Å². The van der Waals surface area contributed by atoms with E-state index >= 15 is 0 Å². The van der Waals surface area contributed by atoms with Crippen LogP contribution in [0.25, 0.3) is 0 Å². The Morgan fingerprint density at radius 2 is 2.19 bits per heavy atom. The van der Waals surface area contributed by atoms with Gasteiger partial charge in [-0.2, -0.15) is 0 Å². The summed E-state index contributed by atoms with van der Waals surface area (Å²) < 4.78 is 5.25. The molecule has 0 amide bonds. The number of ketones is 1. The van der Waals surface area contributed by atoms with Crippen molar-refractivity contribution in [1.29, 1.82) is 0 Å². The highest BCUT2D eigenvalue weighted by Crippen LogP contribution is 2.65. The number of pyridine rings is 1. The number of nitrogens with zero attached hydrogens (tertiary/aromatic N) is 1. The minimum Gasteiger partial charge on any atom is -0.481 e. The van der Waals surface area contributed by atoms with E-state index < -0.39 is 0 Å². The van der Waals surface area contributed by atoms with Crippen molar-refractivity contribution in [1.82, 2.24) is 4.98 Å². The summed E-state index contributed by atoms with van der Waals surface area (Å²) in [6, 6.07) is 3.89. The van der Waals surface area contributed by atoms with Crippen molar-refractivity contribution in [2.75, 3.05) is 7.11 Å². The lowest BCUT2D eigenvalue weighted by molar-refractivity contribution is -0.118. The molecule has 1 aromatic heterocycles. The van der Waals surface area contributed by atoms with Crippen LogP contribution in [0, 0.1) is 11.3 Å². The Hall–Kier alpha value is -1.38. The van der Waals surface area contributed by atoms with Gasteiger partial charge < -0.3 is 4.74 Å². The van der Waals surface area contributed by atoms with Crippen LogP contribution in [0.4, 0.5) is 0 Å². The van der Waals surface area contributed by atoms with Crippen molar-refractivity contribution in [2.24, 2.45) is 11.3 Å². The van der Waals surface area contributed by atoms with Gasteiger partial charge in [0, 0.05) is 23.6 Å². The van der Waals surface area contributed by atoms with Gasteiger partial charge >= 0.3 is 0 Å². The van der Waals surface area contributed by atoms with Crippen molar-refractivity contribution >= 4 is 5.78 Å². The fourth-order valence-corrected chi connectivity index (χ4v) is 2.79. The first kappa shape index (κ1) is 11.1. The molecule has 0 N–H and O–H groups in total. The van der Waals surface area contributed by atoms with Crippen molar-refractivity contribution in [3.8, 4) is 5.88 Å². The SMILES string of the molecule is COc1ncccc1C1C(C(C)=O)C1(C)C. The summed E-state index contributed by atoms with van der Waals surface area (Å²) in [7, 11) is 1.62. The zero-order valence-corrected chi connectivity index (χ0v) is 10.2. The quantitative estimate of drug-likeness (QED) is 0.783. The van der Waals surface area contributed by atoms with Crippen LogP contribution in [0.5, 0.6) is 5.88 Å². The third kappa shape index (κ3) is 1.51. The fourth-order valence-electron chi connectivity index (χ4n) is 2.79. The van der Waals surface area contributed by atoms with Gasteiger partial charge in [-0.1, -0.05) is 19.9 Å². The molecule has 0 aromatic carbocycles. The van der Waals surface area contributed by atoms with E-state index in [-0.39, 0.29) is 23.0 Å². The number of carbonyl (C=O) groups is 1. The predicted molar refractivity (Wildman–Crippen MR) is 61.5 cm³/mol. The van der Waals surface area contributed by atoms with Crippen LogP contribution in [0.3, 0.4) is 0 Å². The number of ether oxygens (including phenoxy) is 1. The maximum absolute atomic E-state index is 11.5. The Balaban J connectivity index is 2.37. The Labute approximate surface area is 95.8 Å². The molecule has 2 unspecified atom stereocenters. The normalized spacial score (nSPS) is 26.2. The number of aromatic nitrogens is 1. The largest absolute Gasteiger partial charge is 0.481 e. The molecule has 3 nitrogen and oxygen atoms in total. The molecule has 0 saturated heterocycles. The van der Waals surface area contributed by atoms with E-state index in [4.69, 9.17) is 4.74 Å². The van der Waals surface area contributed by atoms with Crippen LogP contribution in [0.15, 0.2) is 18.3 Å². The van der Waals surface area contributed by atoms with E-state index in [0.29, 0.717) is 5.88 Å². The second-order valence-electron chi connectivity index (χ2n) is 4.99. The van der Waals surface area contributed by atoms with Gasteiger partial charge in [-0.3, -0.25) is 4.79 Å². The maximum Gasteiger partial charge on any atom is 0.216 e. The van der Waals surface area contributed by atoms with Crippen LogP contribution < -0.4 is 4.74 Å². The Morgan fingerprint density at radius 1 is 1.50 bits per heavy atom. The number of hydrogen-bond acceptors (Lipinski definition) is 3. The molecule has 2 rings (SSSR count). The number of rotatable bonds is 3. The van der Waals surface area contributed by atoms with E-state index in [9.17, 15) is 4.79 Å². The number of methoxy groups -OCH3 is 1. The van der Waals surface area contributed by atoms with Gasteiger partial charge in [0.2, 0.25) is 5.88 Å². The summed E-state index contributed by atoms with van der Waals surface area (Å²) >= 11 is 0. The number of Topliss-reactive ketones (excluding diaryl/α,β-unsaturated/α-hetero) is 1. The van der Waals surface area contributed by atoms with Gasteiger partial charge in [0.1, 0.15) is 5.78 Å². The zero-order valence-electron chi connectivity index (χ0n) is 10.2. The maximum atomic E-state index is 11.5. The Kier molecular flexibility index (Phi) is 2.49. The molecule has 0 radical (unpaired) electrons. The van der Waals surface area contributed by atoms with Crippen molar-refractivity contribution in [3.63, 3.8) is 0 Å². The monoisotopic (exact) mass is 219 g/mol. The Morgan fingerprint density at radius 3 is 2.69 bits per heavy atom. The highest BCUT2D eigenvalue weighted by Gasteiger charge is 2.61. The minimum absolute atomic E-state index is 0.0299. The van der Waals surface area contributed by atoms with Gasteiger partial charge in [0.25, 0.3) is 0 Å². The van der Waals surface area contributed by atoms with Crippen molar-refractivity contribution < 1.29 is 9.53 Å². The Bertz CT molecular complexity index is 426. The van der Waals surface area contributed by atoms with E-state index in [1.807, 2.05) is 12.1 Å². The third-order valence-corrected chi connectivity index (χ3v) is 3.59. The molecular formula is C13H17NO2. The molecule has 1 heterocycles. The fraction of sp³-hybridized carbons (Fsp3) is 0.538. The lowest BCUT2D eigenvalue weighted by Gasteiger charge is -2.07. The van der Waals surface area contributed by atoms with Gasteiger partial charge in [-0.15, -0.1) is 0 Å². The van der Waals surface area contributed by atoms with Crippen LogP contribution in [-0.2, 0) is 4.79 Å². The summed E-state index contributed by atoms with van der Waals surface area (Å²) in [6.07, 6.45) is 1.71. The average Bonchev–Trinajstić information content (AvgIpc) is 2.81. The molecule has 3 heteroatoms. The minimum atomic E-state index is 0.0299. The molecule has 0 bridgehead atoms.